The van der Waals surface area contributed by atoms with Gasteiger partial charge in [0.25, 0.3) is 5.95 Å². The number of amides is 1. The molecule has 2 aromatic heterocycles. The summed E-state index contributed by atoms with van der Waals surface area (Å²) in [4.78, 5) is 21.1. The zero-order chi connectivity index (χ0) is 22.8. The molecule has 1 aliphatic rings. The molecule has 166 valence electrons. The zero-order valence-electron chi connectivity index (χ0n) is 17.7. The van der Waals surface area contributed by atoms with Crippen molar-refractivity contribution in [1.29, 1.82) is 0 Å². The number of nitrogens with zero attached hydrogens (tertiary/aromatic N) is 4. The molecular formula is C24H20ClN5O2S. The van der Waals surface area contributed by atoms with Gasteiger partial charge in [0.1, 0.15) is 18.2 Å². The lowest BCUT2D eigenvalue weighted by atomic mass is 10.0. The number of hydrogen-bond donors (Lipinski definition) is 1. The minimum Gasteiger partial charge on any atom is -0.489 e. The van der Waals surface area contributed by atoms with Gasteiger partial charge in [-0.05, 0) is 48.4 Å². The summed E-state index contributed by atoms with van der Waals surface area (Å²) in [6.45, 7) is 2.35. The van der Waals surface area contributed by atoms with Crippen molar-refractivity contribution in [1.82, 2.24) is 19.7 Å². The van der Waals surface area contributed by atoms with Gasteiger partial charge < -0.3 is 10.1 Å². The Morgan fingerprint density at radius 3 is 2.79 bits per heavy atom. The van der Waals surface area contributed by atoms with Gasteiger partial charge in [0.2, 0.25) is 5.91 Å². The first-order valence-corrected chi connectivity index (χ1v) is 11.8. The molecule has 1 amide bonds. The van der Waals surface area contributed by atoms with E-state index in [2.05, 4.69) is 20.4 Å². The van der Waals surface area contributed by atoms with E-state index in [1.165, 1.54) is 0 Å². The second kappa shape index (κ2) is 9.25. The fourth-order valence-electron chi connectivity index (χ4n) is 3.75. The number of carbonyl (C=O) groups excluding carboxylic acids is 1. The minimum atomic E-state index is -0.105. The molecule has 0 aliphatic carbocycles. The van der Waals surface area contributed by atoms with Crippen molar-refractivity contribution in [2.45, 2.75) is 18.8 Å². The highest BCUT2D eigenvalue weighted by molar-refractivity contribution is 8.00. The van der Waals surface area contributed by atoms with Crippen molar-refractivity contribution < 1.29 is 9.53 Å². The van der Waals surface area contributed by atoms with Gasteiger partial charge >= 0.3 is 0 Å². The van der Waals surface area contributed by atoms with Gasteiger partial charge in [0.15, 0.2) is 0 Å². The fraction of sp³-hybridized carbons (Fsp3) is 0.167. The lowest BCUT2D eigenvalue weighted by Crippen LogP contribution is -2.16. The van der Waals surface area contributed by atoms with Gasteiger partial charge in [-0.1, -0.05) is 35.9 Å². The Labute approximate surface area is 200 Å². The molecule has 0 bridgehead atoms. The summed E-state index contributed by atoms with van der Waals surface area (Å²) in [6.07, 6.45) is 3.30. The standard InChI is InChI=1S/C24H20ClN5O2S/c1-15-21-22(17-6-3-8-19(12-17)32-13-16-5-2-7-18(25)11-16)33-14-20(31)28-23(21)30(29-15)24-26-9-4-10-27-24/h2-12,22H,13-14H2,1H3,(H,28,31)/t22-/m1/s1. The third kappa shape index (κ3) is 4.58. The highest BCUT2D eigenvalue weighted by atomic mass is 35.5. The highest BCUT2D eigenvalue weighted by Crippen LogP contribution is 2.44. The van der Waals surface area contributed by atoms with Crippen molar-refractivity contribution >= 4 is 35.1 Å². The molecule has 0 unspecified atom stereocenters. The number of thioether (sulfide) groups is 1. The minimum absolute atomic E-state index is 0.0887. The van der Waals surface area contributed by atoms with Crippen LogP contribution in [0.2, 0.25) is 5.02 Å². The molecule has 9 heteroatoms. The first kappa shape index (κ1) is 21.5. The Kier molecular flexibility index (Phi) is 6.02. The number of aromatic nitrogens is 4. The van der Waals surface area contributed by atoms with E-state index in [0.29, 0.717) is 29.1 Å². The monoisotopic (exact) mass is 477 g/mol. The van der Waals surface area contributed by atoms with Crippen LogP contribution in [0, 0.1) is 6.92 Å². The average Bonchev–Trinajstić information content (AvgIpc) is 3.03. The number of aryl methyl sites for hydroxylation is 1. The third-order valence-corrected chi connectivity index (χ3v) is 6.71. The lowest BCUT2D eigenvalue weighted by Gasteiger charge is -2.16. The van der Waals surface area contributed by atoms with Crippen LogP contribution in [-0.2, 0) is 11.4 Å². The van der Waals surface area contributed by atoms with Crippen LogP contribution in [0.15, 0.2) is 67.0 Å². The molecule has 0 saturated carbocycles. The molecule has 3 heterocycles. The summed E-state index contributed by atoms with van der Waals surface area (Å²) in [5.74, 6) is 1.99. The molecule has 0 radical (unpaired) electrons. The van der Waals surface area contributed by atoms with Crippen molar-refractivity contribution in [3.8, 4) is 11.7 Å². The summed E-state index contributed by atoms with van der Waals surface area (Å²) in [5.41, 5.74) is 3.76. The van der Waals surface area contributed by atoms with Crippen LogP contribution in [0.4, 0.5) is 5.82 Å². The Hall–Kier alpha value is -3.36. The van der Waals surface area contributed by atoms with E-state index >= 15 is 0 Å². The third-order valence-electron chi connectivity index (χ3n) is 5.20. The summed E-state index contributed by atoms with van der Waals surface area (Å²) >= 11 is 7.64. The molecule has 33 heavy (non-hydrogen) atoms. The maximum atomic E-state index is 12.5. The summed E-state index contributed by atoms with van der Waals surface area (Å²) in [5, 5.41) is 8.21. The number of nitrogens with one attached hydrogen (secondary N) is 1. The highest BCUT2D eigenvalue weighted by Gasteiger charge is 2.31. The Morgan fingerprint density at radius 1 is 1.15 bits per heavy atom. The van der Waals surface area contributed by atoms with Crippen LogP contribution in [0.25, 0.3) is 5.95 Å². The molecule has 4 aromatic rings. The van der Waals surface area contributed by atoms with E-state index in [1.807, 2.05) is 55.5 Å². The van der Waals surface area contributed by atoms with Crippen molar-refractivity contribution in [2.24, 2.45) is 0 Å². The van der Waals surface area contributed by atoms with E-state index < -0.39 is 0 Å². The Bertz CT molecular complexity index is 1310. The lowest BCUT2D eigenvalue weighted by molar-refractivity contribution is -0.113. The first-order valence-electron chi connectivity index (χ1n) is 10.3. The van der Waals surface area contributed by atoms with E-state index in [1.54, 1.807) is 34.9 Å². The molecular weight excluding hydrogens is 458 g/mol. The second-order valence-corrected chi connectivity index (χ2v) is 9.07. The normalized spacial score (nSPS) is 15.5. The van der Waals surface area contributed by atoms with Crippen molar-refractivity contribution in [3.63, 3.8) is 0 Å². The zero-order valence-corrected chi connectivity index (χ0v) is 19.3. The number of benzene rings is 2. The number of carbonyl (C=O) groups is 1. The molecule has 5 rings (SSSR count). The smallest absolute Gasteiger partial charge is 0.252 e. The number of anilines is 1. The molecule has 1 atom stereocenters. The summed E-state index contributed by atoms with van der Waals surface area (Å²) in [7, 11) is 0. The van der Waals surface area contributed by atoms with Crippen LogP contribution >= 0.6 is 23.4 Å². The van der Waals surface area contributed by atoms with Gasteiger partial charge in [-0.3, -0.25) is 4.79 Å². The summed E-state index contributed by atoms with van der Waals surface area (Å²) < 4.78 is 7.63. The topological polar surface area (TPSA) is 81.9 Å². The van der Waals surface area contributed by atoms with Gasteiger partial charge in [0, 0.05) is 23.0 Å². The van der Waals surface area contributed by atoms with Crippen LogP contribution in [0.3, 0.4) is 0 Å². The van der Waals surface area contributed by atoms with Gasteiger partial charge in [0.05, 0.1) is 16.7 Å². The van der Waals surface area contributed by atoms with Gasteiger partial charge in [-0.25, -0.2) is 9.97 Å². The maximum Gasteiger partial charge on any atom is 0.252 e. The Balaban J connectivity index is 1.48. The Morgan fingerprint density at radius 2 is 1.97 bits per heavy atom. The largest absolute Gasteiger partial charge is 0.489 e. The molecule has 0 spiro atoms. The molecule has 1 N–H and O–H groups in total. The summed E-state index contributed by atoms with van der Waals surface area (Å²) in [6, 6.07) is 17.3. The van der Waals surface area contributed by atoms with E-state index in [-0.39, 0.29) is 11.2 Å². The van der Waals surface area contributed by atoms with E-state index in [0.717, 1.165) is 28.1 Å². The molecule has 0 saturated heterocycles. The molecule has 7 nitrogen and oxygen atoms in total. The second-order valence-electron chi connectivity index (χ2n) is 7.54. The van der Waals surface area contributed by atoms with Crippen LogP contribution in [0.1, 0.15) is 27.6 Å². The predicted octanol–water partition coefficient (Wildman–Crippen LogP) is 4.98. The number of hydrogen-bond acceptors (Lipinski definition) is 6. The van der Waals surface area contributed by atoms with E-state index in [9.17, 15) is 4.79 Å². The molecule has 1 aliphatic heterocycles. The van der Waals surface area contributed by atoms with Crippen molar-refractivity contribution in [3.05, 3.63) is 94.4 Å². The average molecular weight is 478 g/mol. The van der Waals surface area contributed by atoms with Crippen LogP contribution in [-0.4, -0.2) is 31.4 Å². The number of halogens is 1. The first-order chi connectivity index (χ1) is 16.1. The molecule has 0 fully saturated rings. The van der Waals surface area contributed by atoms with Crippen LogP contribution < -0.4 is 10.1 Å². The van der Waals surface area contributed by atoms with Crippen LogP contribution in [0.5, 0.6) is 5.75 Å². The predicted molar refractivity (Wildman–Crippen MR) is 129 cm³/mol. The van der Waals surface area contributed by atoms with Crippen molar-refractivity contribution in [2.75, 3.05) is 11.1 Å². The number of ether oxygens (including phenoxy) is 1. The van der Waals surface area contributed by atoms with E-state index in [4.69, 9.17) is 16.3 Å². The molecule has 2 aromatic carbocycles. The quantitative estimate of drug-likeness (QED) is 0.436. The number of fused-ring (bicyclic) bond motifs is 1. The van der Waals surface area contributed by atoms with Gasteiger partial charge in [-0.15, -0.1) is 11.8 Å². The SMILES string of the molecule is Cc1nn(-c2ncccn2)c2c1[C@@H](c1cccc(OCc3cccc(Cl)c3)c1)SCC(=O)N2. The van der Waals surface area contributed by atoms with Gasteiger partial charge in [-0.2, -0.15) is 9.78 Å². The maximum absolute atomic E-state index is 12.5. The number of rotatable bonds is 5. The fourth-order valence-corrected chi connectivity index (χ4v) is 5.14.